The zero-order chi connectivity index (χ0) is 15.6. The Morgan fingerprint density at radius 1 is 1.17 bits per heavy atom. The van der Waals surface area contributed by atoms with Gasteiger partial charge in [-0.1, -0.05) is 17.7 Å². The number of aromatic nitrogens is 4. The standard InChI is InChI=1S/C16H12ClN5O/c17-11-3-1-4-12(7-11)22-16-14(9-21-22)15(19-10-20-16)18-8-13-5-2-6-23-13/h1-7,9-10H,8H2,(H,18,19,20). The van der Waals surface area contributed by atoms with Crippen molar-refractivity contribution in [3.8, 4) is 5.69 Å². The number of halogens is 1. The summed E-state index contributed by atoms with van der Waals surface area (Å²) in [5, 5.41) is 9.13. The van der Waals surface area contributed by atoms with Crippen LogP contribution in [0.5, 0.6) is 0 Å². The lowest BCUT2D eigenvalue weighted by Gasteiger charge is -2.06. The number of hydrogen-bond acceptors (Lipinski definition) is 5. The fourth-order valence-corrected chi connectivity index (χ4v) is 2.55. The molecular formula is C16H12ClN5O. The molecule has 3 heterocycles. The van der Waals surface area contributed by atoms with Crippen LogP contribution in [0.2, 0.25) is 5.02 Å². The number of hydrogen-bond donors (Lipinski definition) is 1. The Labute approximate surface area is 136 Å². The fraction of sp³-hybridized carbons (Fsp3) is 0.0625. The first-order chi connectivity index (χ1) is 11.3. The summed E-state index contributed by atoms with van der Waals surface area (Å²) in [6, 6.07) is 11.2. The van der Waals surface area contributed by atoms with E-state index in [1.807, 2.05) is 36.4 Å². The Morgan fingerprint density at radius 2 is 2.13 bits per heavy atom. The zero-order valence-corrected chi connectivity index (χ0v) is 12.7. The fourth-order valence-electron chi connectivity index (χ4n) is 2.37. The van der Waals surface area contributed by atoms with Gasteiger partial charge >= 0.3 is 0 Å². The van der Waals surface area contributed by atoms with Crippen molar-refractivity contribution < 1.29 is 4.42 Å². The Bertz CT molecular complexity index is 948. The van der Waals surface area contributed by atoms with E-state index in [-0.39, 0.29) is 0 Å². The predicted molar refractivity (Wildman–Crippen MR) is 87.7 cm³/mol. The highest BCUT2D eigenvalue weighted by atomic mass is 35.5. The smallest absolute Gasteiger partial charge is 0.168 e. The Hall–Kier alpha value is -2.86. The summed E-state index contributed by atoms with van der Waals surface area (Å²) in [5.41, 5.74) is 1.56. The Kier molecular flexibility index (Phi) is 3.44. The number of fused-ring (bicyclic) bond motifs is 1. The van der Waals surface area contributed by atoms with Crippen molar-refractivity contribution in [3.63, 3.8) is 0 Å². The summed E-state index contributed by atoms with van der Waals surface area (Å²) < 4.78 is 7.05. The van der Waals surface area contributed by atoms with Gasteiger partial charge in [-0.3, -0.25) is 0 Å². The Morgan fingerprint density at radius 3 is 2.96 bits per heavy atom. The molecule has 0 aliphatic carbocycles. The van der Waals surface area contributed by atoms with Gasteiger partial charge in [-0.15, -0.1) is 0 Å². The van der Waals surface area contributed by atoms with Gasteiger partial charge in [-0.2, -0.15) is 5.10 Å². The van der Waals surface area contributed by atoms with Crippen LogP contribution in [0.4, 0.5) is 5.82 Å². The topological polar surface area (TPSA) is 68.8 Å². The summed E-state index contributed by atoms with van der Waals surface area (Å²) in [5.74, 6) is 1.54. The van der Waals surface area contributed by atoms with E-state index in [1.165, 1.54) is 6.33 Å². The average Bonchev–Trinajstić information content (AvgIpc) is 3.22. The van der Waals surface area contributed by atoms with Crippen molar-refractivity contribution in [2.75, 3.05) is 5.32 Å². The molecule has 1 N–H and O–H groups in total. The second-order valence-corrected chi connectivity index (χ2v) is 5.37. The molecule has 7 heteroatoms. The number of furan rings is 1. The first-order valence-corrected chi connectivity index (χ1v) is 7.40. The van der Waals surface area contributed by atoms with Gasteiger partial charge in [0.25, 0.3) is 0 Å². The normalized spacial score (nSPS) is 11.0. The molecule has 4 aromatic rings. The van der Waals surface area contributed by atoms with Crippen molar-refractivity contribution in [2.45, 2.75) is 6.54 Å². The van der Waals surface area contributed by atoms with Crippen LogP contribution in [-0.4, -0.2) is 19.7 Å². The molecule has 114 valence electrons. The van der Waals surface area contributed by atoms with Crippen LogP contribution >= 0.6 is 11.6 Å². The lowest BCUT2D eigenvalue weighted by molar-refractivity contribution is 0.518. The molecule has 1 aromatic carbocycles. The molecule has 0 amide bonds. The highest BCUT2D eigenvalue weighted by Crippen LogP contribution is 2.23. The van der Waals surface area contributed by atoms with Gasteiger partial charge in [-0.05, 0) is 30.3 Å². The minimum Gasteiger partial charge on any atom is -0.467 e. The van der Waals surface area contributed by atoms with Crippen LogP contribution in [0, 0.1) is 0 Å². The molecule has 0 saturated heterocycles. The van der Waals surface area contributed by atoms with Gasteiger partial charge in [0.15, 0.2) is 5.65 Å². The zero-order valence-electron chi connectivity index (χ0n) is 12.0. The molecule has 23 heavy (non-hydrogen) atoms. The number of benzene rings is 1. The minimum absolute atomic E-state index is 0.543. The summed E-state index contributed by atoms with van der Waals surface area (Å²) in [4.78, 5) is 8.62. The molecule has 0 aliphatic rings. The largest absolute Gasteiger partial charge is 0.467 e. The van der Waals surface area contributed by atoms with E-state index in [0.29, 0.717) is 23.0 Å². The lowest BCUT2D eigenvalue weighted by atomic mass is 10.3. The highest BCUT2D eigenvalue weighted by Gasteiger charge is 2.11. The quantitative estimate of drug-likeness (QED) is 0.620. The highest BCUT2D eigenvalue weighted by molar-refractivity contribution is 6.30. The van der Waals surface area contributed by atoms with E-state index in [1.54, 1.807) is 17.1 Å². The number of nitrogens with zero attached hydrogens (tertiary/aromatic N) is 4. The van der Waals surface area contributed by atoms with Crippen LogP contribution in [0.15, 0.2) is 59.6 Å². The van der Waals surface area contributed by atoms with Gasteiger partial charge < -0.3 is 9.73 Å². The predicted octanol–water partition coefficient (Wildman–Crippen LogP) is 3.67. The molecule has 0 bridgehead atoms. The maximum atomic E-state index is 6.05. The molecule has 3 aromatic heterocycles. The molecule has 0 spiro atoms. The second-order valence-electron chi connectivity index (χ2n) is 4.93. The van der Waals surface area contributed by atoms with Crippen LogP contribution < -0.4 is 5.32 Å². The third-order valence-corrected chi connectivity index (χ3v) is 3.66. The van der Waals surface area contributed by atoms with Crippen molar-refractivity contribution >= 4 is 28.5 Å². The van der Waals surface area contributed by atoms with Gasteiger partial charge in [0.1, 0.15) is 17.9 Å². The van der Waals surface area contributed by atoms with Crippen molar-refractivity contribution in [1.29, 1.82) is 0 Å². The lowest BCUT2D eigenvalue weighted by Crippen LogP contribution is -2.02. The van der Waals surface area contributed by atoms with Crippen LogP contribution in [0.25, 0.3) is 16.7 Å². The van der Waals surface area contributed by atoms with Crippen LogP contribution in [-0.2, 0) is 6.54 Å². The molecule has 0 unspecified atom stereocenters. The van der Waals surface area contributed by atoms with Crippen molar-refractivity contribution in [2.24, 2.45) is 0 Å². The molecular weight excluding hydrogens is 314 g/mol. The second kappa shape index (κ2) is 5.73. The maximum absolute atomic E-state index is 6.05. The van der Waals surface area contributed by atoms with E-state index in [4.69, 9.17) is 16.0 Å². The van der Waals surface area contributed by atoms with E-state index in [9.17, 15) is 0 Å². The monoisotopic (exact) mass is 325 g/mol. The molecule has 0 saturated carbocycles. The number of anilines is 1. The molecule has 0 atom stereocenters. The van der Waals surface area contributed by atoms with E-state index >= 15 is 0 Å². The summed E-state index contributed by atoms with van der Waals surface area (Å²) in [6.07, 6.45) is 4.89. The van der Waals surface area contributed by atoms with E-state index in [2.05, 4.69) is 20.4 Å². The SMILES string of the molecule is Clc1cccc(-n2ncc3c(NCc4ccco4)ncnc32)c1. The van der Waals surface area contributed by atoms with E-state index < -0.39 is 0 Å². The summed E-state index contributed by atoms with van der Waals surface area (Å²) >= 11 is 6.05. The van der Waals surface area contributed by atoms with Gasteiger partial charge in [-0.25, -0.2) is 14.6 Å². The van der Waals surface area contributed by atoms with Gasteiger partial charge in [0.05, 0.1) is 30.1 Å². The first-order valence-electron chi connectivity index (χ1n) is 7.02. The van der Waals surface area contributed by atoms with Crippen molar-refractivity contribution in [3.05, 3.63) is 66.0 Å². The third kappa shape index (κ3) is 2.64. The van der Waals surface area contributed by atoms with Crippen LogP contribution in [0.3, 0.4) is 0 Å². The first kappa shape index (κ1) is 13.8. The number of rotatable bonds is 4. The molecule has 4 rings (SSSR count). The average molecular weight is 326 g/mol. The Balaban J connectivity index is 1.71. The van der Waals surface area contributed by atoms with Gasteiger partial charge in [0.2, 0.25) is 0 Å². The van der Waals surface area contributed by atoms with Crippen LogP contribution in [0.1, 0.15) is 5.76 Å². The molecule has 6 nitrogen and oxygen atoms in total. The number of nitrogens with one attached hydrogen (secondary N) is 1. The van der Waals surface area contributed by atoms with Gasteiger partial charge in [0, 0.05) is 5.02 Å². The molecule has 0 radical (unpaired) electrons. The summed E-state index contributed by atoms with van der Waals surface area (Å²) in [6.45, 7) is 0.543. The third-order valence-electron chi connectivity index (χ3n) is 3.43. The molecule has 0 aliphatic heterocycles. The minimum atomic E-state index is 0.543. The maximum Gasteiger partial charge on any atom is 0.168 e. The molecule has 0 fully saturated rings. The summed E-state index contributed by atoms with van der Waals surface area (Å²) in [7, 11) is 0. The van der Waals surface area contributed by atoms with E-state index in [0.717, 1.165) is 16.8 Å². The van der Waals surface area contributed by atoms with Crippen molar-refractivity contribution in [1.82, 2.24) is 19.7 Å².